The third-order valence-electron chi connectivity index (χ3n) is 4.30. The molecule has 1 atom stereocenters. The van der Waals surface area contributed by atoms with Crippen LogP contribution in [0.5, 0.6) is 0 Å². The van der Waals surface area contributed by atoms with E-state index in [-0.39, 0.29) is 28.9 Å². The molecule has 8 nitrogen and oxygen atoms in total. The summed E-state index contributed by atoms with van der Waals surface area (Å²) < 4.78 is 44.0. The molecule has 0 aliphatic heterocycles. The van der Waals surface area contributed by atoms with Gasteiger partial charge in [-0.2, -0.15) is 13.1 Å². The Morgan fingerprint density at radius 2 is 2.00 bits per heavy atom. The van der Waals surface area contributed by atoms with Gasteiger partial charge in [0.2, 0.25) is 0 Å². The van der Waals surface area contributed by atoms with Crippen LogP contribution in [0.1, 0.15) is 29.9 Å². The number of benzene rings is 1. The maximum atomic E-state index is 13.4. The van der Waals surface area contributed by atoms with Crippen LogP contribution in [0, 0.1) is 18.7 Å². The molecule has 0 saturated carbocycles. The van der Waals surface area contributed by atoms with Gasteiger partial charge >= 0.3 is 0 Å². The summed E-state index contributed by atoms with van der Waals surface area (Å²) in [5, 5.41) is 11.8. The zero-order chi connectivity index (χ0) is 21.9. The van der Waals surface area contributed by atoms with Crippen molar-refractivity contribution in [2.24, 2.45) is 13.0 Å². The van der Waals surface area contributed by atoms with Crippen LogP contribution < -0.4 is 14.8 Å². The molecule has 2 aromatic rings. The highest BCUT2D eigenvalue weighted by atomic mass is 35.5. The molecule has 0 spiro atoms. The molecule has 1 amide bonds. The van der Waals surface area contributed by atoms with Crippen molar-refractivity contribution in [2.75, 3.05) is 16.6 Å². The Kier molecular flexibility index (Phi) is 7.28. The fourth-order valence-corrected chi connectivity index (χ4v) is 4.22. The molecule has 4 N–H and O–H groups in total. The molecule has 1 aromatic carbocycles. The Bertz CT molecular complexity index is 1010. The van der Waals surface area contributed by atoms with E-state index >= 15 is 0 Å². The van der Waals surface area contributed by atoms with Gasteiger partial charge in [0.1, 0.15) is 11.5 Å². The topological polar surface area (TPSA) is 112 Å². The van der Waals surface area contributed by atoms with E-state index in [4.69, 9.17) is 11.6 Å². The number of rotatable bonds is 8. The summed E-state index contributed by atoms with van der Waals surface area (Å²) in [6, 6.07) is 3.43. The van der Waals surface area contributed by atoms with Gasteiger partial charge in [0.05, 0.1) is 17.3 Å². The van der Waals surface area contributed by atoms with Crippen molar-refractivity contribution in [3.63, 3.8) is 0 Å². The molecule has 0 aliphatic rings. The number of aromatic nitrogens is 1. The Hall–Kier alpha value is -2.14. The van der Waals surface area contributed by atoms with Crippen LogP contribution in [0.25, 0.3) is 0 Å². The number of hydrogen-bond acceptors (Lipinski definition) is 4. The minimum absolute atomic E-state index is 0.00236. The first kappa shape index (κ1) is 23.1. The monoisotopic (exact) mass is 446 g/mol. The summed E-state index contributed by atoms with van der Waals surface area (Å²) in [5.41, 5.74) is 0.762. The Balaban J connectivity index is 2.23. The molecule has 0 saturated heterocycles. The Labute approximate surface area is 174 Å². The molecular formula is C18H24ClFN4O4S. The second-order valence-corrected chi connectivity index (χ2v) is 8.82. The van der Waals surface area contributed by atoms with Crippen LogP contribution in [0.15, 0.2) is 24.4 Å². The van der Waals surface area contributed by atoms with E-state index in [1.807, 2.05) is 0 Å². The van der Waals surface area contributed by atoms with Gasteiger partial charge < -0.3 is 15.0 Å². The molecule has 0 unspecified atom stereocenters. The largest absolute Gasteiger partial charge is 0.395 e. The fourth-order valence-electron chi connectivity index (χ4n) is 2.60. The average molecular weight is 447 g/mol. The van der Waals surface area contributed by atoms with E-state index in [2.05, 4.69) is 14.8 Å². The minimum Gasteiger partial charge on any atom is -0.395 e. The quantitative estimate of drug-likeness (QED) is 0.499. The fraction of sp³-hybridized carbons (Fsp3) is 0.389. The summed E-state index contributed by atoms with van der Waals surface area (Å²) in [5.74, 6) is -1.12. The van der Waals surface area contributed by atoms with E-state index in [1.54, 1.807) is 20.8 Å². The lowest BCUT2D eigenvalue weighted by Crippen LogP contribution is -2.43. The molecule has 160 valence electrons. The first-order chi connectivity index (χ1) is 13.4. The number of halogens is 2. The van der Waals surface area contributed by atoms with Crippen molar-refractivity contribution in [2.45, 2.75) is 26.8 Å². The van der Waals surface area contributed by atoms with Crippen LogP contribution in [0.2, 0.25) is 5.02 Å². The zero-order valence-electron chi connectivity index (χ0n) is 16.5. The molecule has 11 heteroatoms. The summed E-state index contributed by atoms with van der Waals surface area (Å²) in [4.78, 5) is 12.6. The predicted molar refractivity (Wildman–Crippen MR) is 111 cm³/mol. The number of aliphatic hydroxyl groups excluding tert-OH is 1. The smallest absolute Gasteiger partial charge is 0.299 e. The van der Waals surface area contributed by atoms with E-state index < -0.39 is 28.0 Å². The standard InChI is InChI=1S/C18H24ClFN4O4S/c1-10(2)15(9-25)23-29(27,28)22-14-8-24(4)17(16(14)19)18(26)21-12-5-6-13(20)11(3)7-12/h5-8,10,15,22-23,25H,9H2,1-4H3,(H,21,26)/t15-/m0/s1. The van der Waals surface area contributed by atoms with Gasteiger partial charge in [-0.05, 0) is 36.6 Å². The van der Waals surface area contributed by atoms with Crippen LogP contribution in [-0.4, -0.2) is 36.6 Å². The third kappa shape index (κ3) is 5.69. The molecule has 0 fully saturated rings. The summed E-state index contributed by atoms with van der Waals surface area (Å²) in [7, 11) is -2.51. The normalized spacial score (nSPS) is 12.8. The number of aliphatic hydroxyl groups is 1. The van der Waals surface area contributed by atoms with Gasteiger partial charge in [-0.15, -0.1) is 0 Å². The highest BCUT2D eigenvalue weighted by Crippen LogP contribution is 2.29. The van der Waals surface area contributed by atoms with Crippen molar-refractivity contribution in [3.8, 4) is 0 Å². The highest BCUT2D eigenvalue weighted by Gasteiger charge is 2.25. The van der Waals surface area contributed by atoms with E-state index in [1.165, 1.54) is 36.0 Å². The first-order valence-corrected chi connectivity index (χ1v) is 10.6. The lowest BCUT2D eigenvalue weighted by atomic mass is 10.1. The van der Waals surface area contributed by atoms with Gasteiger partial charge in [0.25, 0.3) is 16.1 Å². The minimum atomic E-state index is -4.04. The Morgan fingerprint density at radius 1 is 1.34 bits per heavy atom. The number of amides is 1. The maximum absolute atomic E-state index is 13.4. The van der Waals surface area contributed by atoms with Crippen LogP contribution in [-0.2, 0) is 17.3 Å². The molecule has 1 aromatic heterocycles. The lowest BCUT2D eigenvalue weighted by molar-refractivity contribution is 0.101. The van der Waals surface area contributed by atoms with Crippen molar-refractivity contribution >= 4 is 39.1 Å². The molecular weight excluding hydrogens is 423 g/mol. The van der Waals surface area contributed by atoms with E-state index in [9.17, 15) is 22.7 Å². The lowest BCUT2D eigenvalue weighted by Gasteiger charge is -2.20. The molecule has 0 radical (unpaired) electrons. The van der Waals surface area contributed by atoms with Crippen molar-refractivity contribution < 1.29 is 22.7 Å². The number of nitrogens with zero attached hydrogens (tertiary/aromatic N) is 1. The first-order valence-electron chi connectivity index (χ1n) is 8.78. The van der Waals surface area contributed by atoms with Crippen LogP contribution >= 0.6 is 11.6 Å². The van der Waals surface area contributed by atoms with E-state index in [0.29, 0.717) is 11.3 Å². The Morgan fingerprint density at radius 3 is 2.55 bits per heavy atom. The van der Waals surface area contributed by atoms with E-state index in [0.717, 1.165) is 0 Å². The number of nitrogens with one attached hydrogen (secondary N) is 3. The molecule has 29 heavy (non-hydrogen) atoms. The molecule has 0 bridgehead atoms. The second-order valence-electron chi connectivity index (χ2n) is 6.99. The maximum Gasteiger partial charge on any atom is 0.299 e. The van der Waals surface area contributed by atoms with Crippen LogP contribution in [0.4, 0.5) is 15.8 Å². The van der Waals surface area contributed by atoms with Crippen molar-refractivity contribution in [3.05, 3.63) is 46.5 Å². The number of anilines is 2. The molecule has 2 rings (SSSR count). The number of hydrogen-bond donors (Lipinski definition) is 4. The number of aryl methyl sites for hydroxylation is 2. The zero-order valence-corrected chi connectivity index (χ0v) is 18.0. The average Bonchev–Trinajstić information content (AvgIpc) is 2.88. The van der Waals surface area contributed by atoms with Gasteiger partial charge in [0, 0.05) is 25.0 Å². The number of carbonyl (C=O) groups is 1. The summed E-state index contributed by atoms with van der Waals surface area (Å²) >= 11 is 6.24. The summed E-state index contributed by atoms with van der Waals surface area (Å²) in [6.07, 6.45) is 1.36. The van der Waals surface area contributed by atoms with Gasteiger partial charge in [-0.25, -0.2) is 4.39 Å². The second kappa shape index (κ2) is 9.12. The van der Waals surface area contributed by atoms with Crippen LogP contribution in [0.3, 0.4) is 0 Å². The van der Waals surface area contributed by atoms with Crippen molar-refractivity contribution in [1.29, 1.82) is 0 Å². The SMILES string of the molecule is Cc1cc(NC(=O)c2c(Cl)c(NS(=O)(=O)N[C@@H](CO)C(C)C)cn2C)ccc1F. The molecule has 0 aliphatic carbocycles. The van der Waals surface area contributed by atoms with Gasteiger partial charge in [-0.3, -0.25) is 9.52 Å². The van der Waals surface area contributed by atoms with Gasteiger partial charge in [0.15, 0.2) is 0 Å². The summed E-state index contributed by atoms with van der Waals surface area (Å²) in [6.45, 7) is 4.72. The van der Waals surface area contributed by atoms with Crippen molar-refractivity contribution in [1.82, 2.24) is 9.29 Å². The number of carbonyl (C=O) groups excluding carboxylic acids is 1. The third-order valence-corrected chi connectivity index (χ3v) is 5.79. The van der Waals surface area contributed by atoms with Gasteiger partial charge in [-0.1, -0.05) is 25.4 Å². The highest BCUT2D eigenvalue weighted by molar-refractivity contribution is 7.90. The molecule has 1 heterocycles. The predicted octanol–water partition coefficient (Wildman–Crippen LogP) is 2.64.